The third kappa shape index (κ3) is 5.16. The predicted octanol–water partition coefficient (Wildman–Crippen LogP) is 4.29. The molecule has 0 unspecified atom stereocenters. The second-order valence-electron chi connectivity index (χ2n) is 4.65. The fourth-order valence-corrected chi connectivity index (χ4v) is 2.03. The molecule has 5 nitrogen and oxygen atoms in total. The van der Waals surface area contributed by atoms with Gasteiger partial charge < -0.3 is 9.84 Å². The van der Waals surface area contributed by atoms with Crippen molar-refractivity contribution in [3.63, 3.8) is 0 Å². The highest BCUT2D eigenvalue weighted by molar-refractivity contribution is 6.42. The van der Waals surface area contributed by atoms with Crippen molar-refractivity contribution in [3.05, 3.63) is 58.1 Å². The normalized spacial score (nSPS) is 11.2. The summed E-state index contributed by atoms with van der Waals surface area (Å²) in [5, 5.41) is 13.8. The topological polar surface area (TPSA) is 70.9 Å². The Bertz CT molecular complexity index is 748. The molecule has 23 heavy (non-hydrogen) atoms. The van der Waals surface area contributed by atoms with Gasteiger partial charge in [-0.2, -0.15) is 5.10 Å². The molecular weight excluding hydrogens is 339 g/mol. The molecule has 0 saturated carbocycles. The largest absolute Gasteiger partial charge is 0.482 e. The van der Waals surface area contributed by atoms with Crippen molar-refractivity contribution in [1.82, 2.24) is 0 Å². The highest BCUT2D eigenvalue weighted by Gasteiger charge is 2.03. The first-order valence-corrected chi connectivity index (χ1v) is 7.41. The third-order valence-electron chi connectivity index (χ3n) is 2.89. The van der Waals surface area contributed by atoms with E-state index in [1.807, 2.05) is 13.0 Å². The van der Waals surface area contributed by atoms with E-state index in [0.29, 0.717) is 27.2 Å². The summed E-state index contributed by atoms with van der Waals surface area (Å²) in [6.07, 6.45) is 0. The molecule has 7 heteroatoms. The number of benzene rings is 2. The number of nitrogens with zero attached hydrogens (tertiary/aromatic N) is 1. The Morgan fingerprint density at radius 2 is 2.00 bits per heavy atom. The van der Waals surface area contributed by atoms with E-state index in [2.05, 4.69) is 10.5 Å². The molecule has 0 aromatic heterocycles. The lowest BCUT2D eigenvalue weighted by Crippen LogP contribution is -2.09. The molecule has 0 aliphatic carbocycles. The summed E-state index contributed by atoms with van der Waals surface area (Å²) in [5.74, 6) is -0.559. The fraction of sp³-hybridized carbons (Fsp3) is 0.125. The van der Waals surface area contributed by atoms with Crippen LogP contribution in [0.3, 0.4) is 0 Å². The number of carbonyl (C=O) groups is 1. The number of anilines is 1. The van der Waals surface area contributed by atoms with Crippen LogP contribution in [0.4, 0.5) is 5.69 Å². The van der Waals surface area contributed by atoms with Crippen LogP contribution in [0, 0.1) is 0 Å². The van der Waals surface area contributed by atoms with E-state index in [1.165, 1.54) is 0 Å². The first-order chi connectivity index (χ1) is 11.0. The number of hydrogen-bond acceptors (Lipinski definition) is 4. The number of nitrogens with one attached hydrogen (secondary N) is 1. The summed E-state index contributed by atoms with van der Waals surface area (Å²) in [7, 11) is 0. The van der Waals surface area contributed by atoms with Gasteiger partial charge in [0.15, 0.2) is 6.61 Å². The van der Waals surface area contributed by atoms with E-state index >= 15 is 0 Å². The lowest BCUT2D eigenvalue weighted by Gasteiger charge is -2.07. The monoisotopic (exact) mass is 352 g/mol. The van der Waals surface area contributed by atoms with Gasteiger partial charge in [0.25, 0.3) is 0 Å². The molecule has 2 aromatic rings. The van der Waals surface area contributed by atoms with Crippen LogP contribution in [0.25, 0.3) is 0 Å². The number of carboxylic acid groups (broad SMARTS) is 1. The van der Waals surface area contributed by atoms with Gasteiger partial charge in [0.2, 0.25) is 0 Å². The minimum atomic E-state index is -1.03. The minimum absolute atomic E-state index is 0.388. The third-order valence-corrected chi connectivity index (χ3v) is 3.63. The molecule has 0 bridgehead atoms. The van der Waals surface area contributed by atoms with Crippen LogP contribution in [0.1, 0.15) is 12.5 Å². The first kappa shape index (κ1) is 17.1. The number of halogens is 2. The van der Waals surface area contributed by atoms with Crippen molar-refractivity contribution >= 4 is 40.6 Å². The molecule has 0 saturated heterocycles. The SMILES string of the molecule is C/C(=N/Nc1ccc(Cl)c(Cl)c1)c1cccc(OCC(=O)O)c1. The Balaban J connectivity index is 2.09. The average molecular weight is 353 g/mol. The van der Waals surface area contributed by atoms with Crippen LogP contribution in [0.2, 0.25) is 10.0 Å². The van der Waals surface area contributed by atoms with Gasteiger partial charge in [0, 0.05) is 5.56 Å². The van der Waals surface area contributed by atoms with Crippen molar-refractivity contribution in [2.24, 2.45) is 5.10 Å². The zero-order chi connectivity index (χ0) is 16.8. The zero-order valence-corrected chi connectivity index (χ0v) is 13.7. The van der Waals surface area contributed by atoms with Crippen LogP contribution < -0.4 is 10.2 Å². The van der Waals surface area contributed by atoms with Crippen molar-refractivity contribution in [3.8, 4) is 5.75 Å². The first-order valence-electron chi connectivity index (χ1n) is 6.66. The molecule has 0 spiro atoms. The summed E-state index contributed by atoms with van der Waals surface area (Å²) >= 11 is 11.8. The van der Waals surface area contributed by atoms with Gasteiger partial charge in [0.1, 0.15) is 5.75 Å². The van der Waals surface area contributed by atoms with E-state index in [0.717, 1.165) is 5.56 Å². The summed E-state index contributed by atoms with van der Waals surface area (Å²) in [5.41, 5.74) is 5.11. The molecule has 0 heterocycles. The Morgan fingerprint density at radius 1 is 1.22 bits per heavy atom. The van der Waals surface area contributed by atoms with E-state index < -0.39 is 5.97 Å². The minimum Gasteiger partial charge on any atom is -0.482 e. The maximum absolute atomic E-state index is 10.5. The Hall–Kier alpha value is -2.24. The van der Waals surface area contributed by atoms with Crippen LogP contribution in [-0.2, 0) is 4.79 Å². The molecule has 2 rings (SSSR count). The maximum atomic E-state index is 10.5. The summed E-state index contributed by atoms with van der Waals surface area (Å²) in [6, 6.07) is 12.1. The molecule has 2 N–H and O–H groups in total. The van der Waals surface area contributed by atoms with Gasteiger partial charge in [-0.3, -0.25) is 5.43 Å². The lowest BCUT2D eigenvalue weighted by molar-refractivity contribution is -0.139. The molecule has 120 valence electrons. The summed E-state index contributed by atoms with van der Waals surface area (Å²) < 4.78 is 5.14. The van der Waals surface area contributed by atoms with Gasteiger partial charge in [-0.1, -0.05) is 35.3 Å². The molecular formula is C16H14Cl2N2O3. The number of aliphatic carboxylic acids is 1. The van der Waals surface area contributed by atoms with Gasteiger partial charge in [-0.25, -0.2) is 4.79 Å². The fourth-order valence-electron chi connectivity index (χ4n) is 1.73. The number of hydrazone groups is 1. The standard InChI is InChI=1S/C16H14Cl2N2O3/c1-10(19-20-12-5-6-14(17)15(18)8-12)11-3-2-4-13(7-11)23-9-16(21)22/h2-8,20H,9H2,1H3,(H,21,22)/b19-10-. The maximum Gasteiger partial charge on any atom is 0.341 e. The predicted molar refractivity (Wildman–Crippen MR) is 91.9 cm³/mol. The summed E-state index contributed by atoms with van der Waals surface area (Å²) in [4.78, 5) is 10.5. The van der Waals surface area contributed by atoms with Crippen LogP contribution in [-0.4, -0.2) is 23.4 Å². The van der Waals surface area contributed by atoms with Gasteiger partial charge in [0.05, 0.1) is 21.4 Å². The van der Waals surface area contributed by atoms with Crippen LogP contribution in [0.15, 0.2) is 47.6 Å². The van der Waals surface area contributed by atoms with Crippen molar-refractivity contribution in [1.29, 1.82) is 0 Å². The number of rotatable bonds is 6. The highest BCUT2D eigenvalue weighted by Crippen LogP contribution is 2.25. The van der Waals surface area contributed by atoms with E-state index in [9.17, 15) is 4.79 Å². The van der Waals surface area contributed by atoms with Gasteiger partial charge in [-0.05, 0) is 37.3 Å². The molecule has 0 fully saturated rings. The van der Waals surface area contributed by atoms with Crippen molar-refractivity contribution in [2.75, 3.05) is 12.0 Å². The van der Waals surface area contributed by atoms with E-state index in [1.54, 1.807) is 36.4 Å². The smallest absolute Gasteiger partial charge is 0.341 e. The quantitative estimate of drug-likeness (QED) is 0.600. The molecule has 2 aromatic carbocycles. The van der Waals surface area contributed by atoms with Crippen LogP contribution in [0.5, 0.6) is 5.75 Å². The second-order valence-corrected chi connectivity index (χ2v) is 5.46. The van der Waals surface area contributed by atoms with Crippen molar-refractivity contribution < 1.29 is 14.6 Å². The average Bonchev–Trinajstić information content (AvgIpc) is 2.54. The van der Waals surface area contributed by atoms with Gasteiger partial charge >= 0.3 is 5.97 Å². The molecule has 0 amide bonds. The Labute approximate surface area is 143 Å². The van der Waals surface area contributed by atoms with Crippen LogP contribution >= 0.6 is 23.2 Å². The number of carboxylic acids is 1. The highest BCUT2D eigenvalue weighted by atomic mass is 35.5. The zero-order valence-electron chi connectivity index (χ0n) is 12.2. The number of hydrogen-bond donors (Lipinski definition) is 2. The van der Waals surface area contributed by atoms with Crippen molar-refractivity contribution in [2.45, 2.75) is 6.92 Å². The van der Waals surface area contributed by atoms with E-state index in [-0.39, 0.29) is 6.61 Å². The van der Waals surface area contributed by atoms with Gasteiger partial charge in [-0.15, -0.1) is 0 Å². The summed E-state index contributed by atoms with van der Waals surface area (Å²) in [6.45, 7) is 1.43. The lowest BCUT2D eigenvalue weighted by atomic mass is 10.1. The molecule has 0 aliphatic rings. The Kier molecular flexibility index (Phi) is 5.84. The molecule has 0 radical (unpaired) electrons. The molecule has 0 atom stereocenters. The number of ether oxygens (including phenoxy) is 1. The second kappa shape index (κ2) is 7.85. The Morgan fingerprint density at radius 3 is 2.70 bits per heavy atom. The molecule has 0 aliphatic heterocycles. The van der Waals surface area contributed by atoms with E-state index in [4.69, 9.17) is 33.0 Å².